The number of carbonyl (C=O) groups excluding carboxylic acids is 1. The highest BCUT2D eigenvalue weighted by molar-refractivity contribution is 14.1. The predicted molar refractivity (Wildman–Crippen MR) is 101 cm³/mol. The SMILES string of the molecule is O=C(NCc1cccc(CN2CCCC2)c1)c1ccccc1I. The molecule has 0 spiro atoms. The summed E-state index contributed by atoms with van der Waals surface area (Å²) in [5.41, 5.74) is 3.22. The van der Waals surface area contributed by atoms with E-state index in [1.807, 2.05) is 24.3 Å². The predicted octanol–water partition coefficient (Wildman–Crippen LogP) is 3.82. The lowest BCUT2D eigenvalue weighted by molar-refractivity contribution is 0.0950. The Labute approximate surface area is 151 Å². The third kappa shape index (κ3) is 4.54. The number of halogens is 1. The fraction of sp³-hybridized carbons (Fsp3) is 0.316. The van der Waals surface area contributed by atoms with Crippen LogP contribution in [-0.2, 0) is 13.1 Å². The van der Waals surface area contributed by atoms with Crippen molar-refractivity contribution in [2.75, 3.05) is 13.1 Å². The van der Waals surface area contributed by atoms with Crippen LogP contribution in [0, 0.1) is 3.57 Å². The van der Waals surface area contributed by atoms with Crippen LogP contribution in [0.1, 0.15) is 34.3 Å². The van der Waals surface area contributed by atoms with E-state index in [9.17, 15) is 4.79 Å². The maximum Gasteiger partial charge on any atom is 0.252 e. The summed E-state index contributed by atoms with van der Waals surface area (Å²) in [6, 6.07) is 16.2. The summed E-state index contributed by atoms with van der Waals surface area (Å²) >= 11 is 2.20. The van der Waals surface area contributed by atoms with Gasteiger partial charge in [0, 0.05) is 16.7 Å². The number of benzene rings is 2. The van der Waals surface area contributed by atoms with Crippen LogP contribution in [0.25, 0.3) is 0 Å². The van der Waals surface area contributed by atoms with Crippen LogP contribution < -0.4 is 5.32 Å². The maximum atomic E-state index is 12.3. The van der Waals surface area contributed by atoms with E-state index < -0.39 is 0 Å². The van der Waals surface area contributed by atoms with Gasteiger partial charge in [0.2, 0.25) is 0 Å². The van der Waals surface area contributed by atoms with E-state index in [4.69, 9.17) is 0 Å². The number of nitrogens with zero attached hydrogens (tertiary/aromatic N) is 1. The molecule has 1 aliphatic heterocycles. The number of carbonyl (C=O) groups is 1. The van der Waals surface area contributed by atoms with Crippen molar-refractivity contribution in [3.8, 4) is 0 Å². The number of amides is 1. The minimum absolute atomic E-state index is 0.0139. The Bertz CT molecular complexity index is 681. The zero-order valence-electron chi connectivity index (χ0n) is 13.1. The Balaban J connectivity index is 1.59. The summed E-state index contributed by atoms with van der Waals surface area (Å²) in [7, 11) is 0. The fourth-order valence-electron chi connectivity index (χ4n) is 2.96. The third-order valence-electron chi connectivity index (χ3n) is 4.17. The van der Waals surface area contributed by atoms with Crippen molar-refractivity contribution in [3.05, 3.63) is 68.8 Å². The van der Waals surface area contributed by atoms with Gasteiger partial charge in [0.1, 0.15) is 0 Å². The lowest BCUT2D eigenvalue weighted by atomic mass is 10.1. The monoisotopic (exact) mass is 420 g/mol. The molecule has 0 radical (unpaired) electrons. The summed E-state index contributed by atoms with van der Waals surface area (Å²) in [6.45, 7) is 3.98. The Morgan fingerprint density at radius 3 is 2.57 bits per heavy atom. The lowest BCUT2D eigenvalue weighted by Crippen LogP contribution is -2.24. The second kappa shape index (κ2) is 7.93. The van der Waals surface area contributed by atoms with E-state index in [-0.39, 0.29) is 5.91 Å². The van der Waals surface area contributed by atoms with Crippen molar-refractivity contribution < 1.29 is 4.79 Å². The number of nitrogens with one attached hydrogen (secondary N) is 1. The molecule has 1 saturated heterocycles. The van der Waals surface area contributed by atoms with Crippen LogP contribution in [0.2, 0.25) is 0 Å². The summed E-state index contributed by atoms with van der Waals surface area (Å²) in [4.78, 5) is 14.8. The van der Waals surface area contributed by atoms with E-state index >= 15 is 0 Å². The molecule has 0 atom stereocenters. The fourth-order valence-corrected chi connectivity index (χ4v) is 3.59. The second-order valence-corrected chi connectivity index (χ2v) is 7.13. The van der Waals surface area contributed by atoms with Gasteiger partial charge >= 0.3 is 0 Å². The Hall–Kier alpha value is -1.40. The van der Waals surface area contributed by atoms with Crippen molar-refractivity contribution in [2.45, 2.75) is 25.9 Å². The van der Waals surface area contributed by atoms with Crippen molar-refractivity contribution in [3.63, 3.8) is 0 Å². The molecule has 2 aromatic carbocycles. The molecule has 1 aliphatic rings. The van der Waals surface area contributed by atoms with Crippen LogP contribution in [0.15, 0.2) is 48.5 Å². The molecule has 3 nitrogen and oxygen atoms in total. The van der Waals surface area contributed by atoms with E-state index in [2.05, 4.69) is 57.1 Å². The molecular weight excluding hydrogens is 399 g/mol. The third-order valence-corrected chi connectivity index (χ3v) is 5.11. The number of likely N-dealkylation sites (tertiary alicyclic amines) is 1. The van der Waals surface area contributed by atoms with Crippen LogP contribution in [-0.4, -0.2) is 23.9 Å². The minimum Gasteiger partial charge on any atom is -0.348 e. The molecule has 0 bridgehead atoms. The summed E-state index contributed by atoms with van der Waals surface area (Å²) in [6.07, 6.45) is 2.62. The van der Waals surface area contributed by atoms with Crippen molar-refractivity contribution in [1.29, 1.82) is 0 Å². The molecule has 0 saturated carbocycles. The number of hydrogen-bond acceptors (Lipinski definition) is 2. The van der Waals surface area contributed by atoms with Gasteiger partial charge < -0.3 is 5.32 Å². The molecule has 0 unspecified atom stereocenters. The van der Waals surface area contributed by atoms with Gasteiger partial charge in [-0.2, -0.15) is 0 Å². The average Bonchev–Trinajstić information content (AvgIpc) is 3.06. The van der Waals surface area contributed by atoms with E-state index in [1.54, 1.807) is 0 Å². The van der Waals surface area contributed by atoms with Gasteiger partial charge in [0.15, 0.2) is 0 Å². The minimum atomic E-state index is -0.0139. The summed E-state index contributed by atoms with van der Waals surface area (Å²) in [5.74, 6) is -0.0139. The first kappa shape index (κ1) is 16.5. The van der Waals surface area contributed by atoms with Crippen molar-refractivity contribution in [1.82, 2.24) is 10.2 Å². The van der Waals surface area contributed by atoms with Crippen LogP contribution in [0.5, 0.6) is 0 Å². The summed E-state index contributed by atoms with van der Waals surface area (Å²) in [5, 5.41) is 3.02. The lowest BCUT2D eigenvalue weighted by Gasteiger charge is -2.15. The molecule has 1 N–H and O–H groups in total. The molecule has 1 fully saturated rings. The van der Waals surface area contributed by atoms with Gasteiger partial charge in [-0.05, 0) is 71.8 Å². The second-order valence-electron chi connectivity index (χ2n) is 5.97. The standard InChI is InChI=1S/C19H21IN2O/c20-18-9-2-1-8-17(18)19(23)21-13-15-6-5-7-16(12-15)14-22-10-3-4-11-22/h1-2,5-9,12H,3-4,10-11,13-14H2,(H,21,23). The highest BCUT2D eigenvalue weighted by Gasteiger charge is 2.12. The van der Waals surface area contributed by atoms with Gasteiger partial charge in [-0.25, -0.2) is 0 Å². The highest BCUT2D eigenvalue weighted by Crippen LogP contribution is 2.14. The zero-order valence-corrected chi connectivity index (χ0v) is 15.3. The molecule has 23 heavy (non-hydrogen) atoms. The molecule has 1 heterocycles. The van der Waals surface area contributed by atoms with Crippen molar-refractivity contribution in [2.24, 2.45) is 0 Å². The van der Waals surface area contributed by atoms with Gasteiger partial charge in [0.05, 0.1) is 5.56 Å². The normalized spacial score (nSPS) is 14.8. The first-order chi connectivity index (χ1) is 11.2. The summed E-state index contributed by atoms with van der Waals surface area (Å²) < 4.78 is 0.977. The van der Waals surface area contributed by atoms with Crippen molar-refractivity contribution >= 4 is 28.5 Å². The van der Waals surface area contributed by atoms with E-state index in [0.717, 1.165) is 21.2 Å². The molecule has 0 aliphatic carbocycles. The van der Waals surface area contributed by atoms with E-state index in [0.29, 0.717) is 6.54 Å². The quantitative estimate of drug-likeness (QED) is 0.747. The first-order valence-electron chi connectivity index (χ1n) is 8.05. The maximum absolute atomic E-state index is 12.3. The highest BCUT2D eigenvalue weighted by atomic mass is 127. The topological polar surface area (TPSA) is 32.3 Å². The number of hydrogen-bond donors (Lipinski definition) is 1. The molecule has 1 amide bonds. The van der Waals surface area contributed by atoms with Gasteiger partial charge in [0.25, 0.3) is 5.91 Å². The van der Waals surface area contributed by atoms with Gasteiger partial charge in [-0.3, -0.25) is 9.69 Å². The molecule has 2 aromatic rings. The Kier molecular flexibility index (Phi) is 5.67. The molecule has 0 aromatic heterocycles. The molecule has 120 valence electrons. The number of rotatable bonds is 5. The Morgan fingerprint density at radius 1 is 1.04 bits per heavy atom. The molecule has 4 heteroatoms. The Morgan fingerprint density at radius 2 is 1.78 bits per heavy atom. The van der Waals surface area contributed by atoms with Crippen LogP contribution >= 0.6 is 22.6 Å². The largest absolute Gasteiger partial charge is 0.348 e. The average molecular weight is 420 g/mol. The first-order valence-corrected chi connectivity index (χ1v) is 9.13. The molecular formula is C19H21IN2O. The van der Waals surface area contributed by atoms with Gasteiger partial charge in [-0.15, -0.1) is 0 Å². The van der Waals surface area contributed by atoms with Crippen LogP contribution in [0.4, 0.5) is 0 Å². The molecule has 3 rings (SSSR count). The van der Waals surface area contributed by atoms with Crippen LogP contribution in [0.3, 0.4) is 0 Å². The smallest absolute Gasteiger partial charge is 0.252 e. The van der Waals surface area contributed by atoms with E-state index in [1.165, 1.54) is 31.5 Å². The zero-order chi connectivity index (χ0) is 16.1. The van der Waals surface area contributed by atoms with Gasteiger partial charge in [-0.1, -0.05) is 36.4 Å².